The van der Waals surface area contributed by atoms with Gasteiger partial charge in [-0.25, -0.2) is 8.78 Å². The zero-order valence-electron chi connectivity index (χ0n) is 11.8. The summed E-state index contributed by atoms with van der Waals surface area (Å²) in [5.41, 5.74) is 1.71. The molecule has 0 saturated carbocycles. The summed E-state index contributed by atoms with van der Waals surface area (Å²) in [7, 11) is 0. The summed E-state index contributed by atoms with van der Waals surface area (Å²) in [4.78, 5) is 9.29. The molecule has 1 heterocycles. The minimum atomic E-state index is -0.970. The van der Waals surface area contributed by atoms with E-state index in [2.05, 4.69) is 10.1 Å². The van der Waals surface area contributed by atoms with Gasteiger partial charge >= 0.3 is 0 Å². The first-order valence-electron chi connectivity index (χ1n) is 6.36. The normalized spacial score (nSPS) is 11.5. The topological polar surface area (TPSA) is 54.7 Å². The molecule has 0 saturated heterocycles. The minimum absolute atomic E-state index is 0.131. The summed E-state index contributed by atoms with van der Waals surface area (Å²) in [5.74, 6) is -1.58. The number of hydrogen-bond acceptors (Lipinski definition) is 5. The van der Waals surface area contributed by atoms with E-state index in [1.165, 1.54) is 24.0 Å². The van der Waals surface area contributed by atoms with E-state index in [0.29, 0.717) is 22.8 Å². The number of aromatic nitrogens is 1. The highest BCUT2D eigenvalue weighted by Gasteiger charge is 2.13. The third-order valence-electron chi connectivity index (χ3n) is 2.77. The number of nitrogens with zero attached hydrogens (tertiary/aromatic N) is 2. The standard InChI is InChI=1S/C15H14F2N2O2S/c1-22-9-21-19-15(11-3-4-12(16)13(17)6-11)14-5-2-10(8-20)7-18-14/h2-7,20H,8-9H2,1H3/b19-15+. The summed E-state index contributed by atoms with van der Waals surface area (Å²) in [6.45, 7) is -0.131. The van der Waals surface area contributed by atoms with E-state index in [4.69, 9.17) is 9.94 Å². The number of aliphatic hydroxyl groups is 1. The molecule has 0 aliphatic rings. The number of pyridine rings is 1. The van der Waals surface area contributed by atoms with E-state index >= 15 is 0 Å². The van der Waals surface area contributed by atoms with Crippen LogP contribution in [0.3, 0.4) is 0 Å². The zero-order valence-corrected chi connectivity index (χ0v) is 12.6. The van der Waals surface area contributed by atoms with Gasteiger partial charge in [0.2, 0.25) is 0 Å². The Kier molecular flexibility index (Phi) is 5.85. The van der Waals surface area contributed by atoms with Crippen LogP contribution in [0.2, 0.25) is 0 Å². The SMILES string of the molecule is CSCO/N=C(\c1ccc(F)c(F)c1)c1ccc(CO)cn1. The maximum atomic E-state index is 13.4. The number of oxime groups is 1. The van der Waals surface area contributed by atoms with Gasteiger partial charge in [-0.05, 0) is 36.1 Å². The van der Waals surface area contributed by atoms with Gasteiger partial charge < -0.3 is 9.94 Å². The summed E-state index contributed by atoms with van der Waals surface area (Å²) >= 11 is 1.43. The Morgan fingerprint density at radius 2 is 2.09 bits per heavy atom. The van der Waals surface area contributed by atoms with Crippen LogP contribution in [0.25, 0.3) is 0 Å². The van der Waals surface area contributed by atoms with E-state index in [9.17, 15) is 8.78 Å². The van der Waals surface area contributed by atoms with Crippen LogP contribution in [0.15, 0.2) is 41.7 Å². The second-order valence-electron chi connectivity index (χ2n) is 4.31. The molecule has 2 aromatic rings. The molecule has 116 valence electrons. The molecule has 7 heteroatoms. The van der Waals surface area contributed by atoms with Gasteiger partial charge in [0.1, 0.15) is 5.71 Å². The third-order valence-corrected chi connectivity index (χ3v) is 3.11. The molecule has 0 atom stereocenters. The highest BCUT2D eigenvalue weighted by molar-refractivity contribution is 7.98. The lowest BCUT2D eigenvalue weighted by atomic mass is 10.1. The first-order chi connectivity index (χ1) is 10.7. The van der Waals surface area contributed by atoms with Gasteiger partial charge in [0, 0.05) is 11.8 Å². The van der Waals surface area contributed by atoms with Gasteiger partial charge in [-0.2, -0.15) is 0 Å². The van der Waals surface area contributed by atoms with E-state index in [-0.39, 0.29) is 12.3 Å². The van der Waals surface area contributed by atoms with Crippen molar-refractivity contribution in [2.75, 3.05) is 12.2 Å². The highest BCUT2D eigenvalue weighted by atomic mass is 32.2. The van der Waals surface area contributed by atoms with Crippen molar-refractivity contribution in [3.05, 3.63) is 65.0 Å². The second-order valence-corrected chi connectivity index (χ2v) is 5.13. The van der Waals surface area contributed by atoms with E-state index in [1.54, 1.807) is 12.1 Å². The van der Waals surface area contributed by atoms with Gasteiger partial charge in [-0.15, -0.1) is 11.8 Å². The van der Waals surface area contributed by atoms with Gasteiger partial charge in [-0.1, -0.05) is 11.2 Å². The van der Waals surface area contributed by atoms with Crippen LogP contribution in [-0.4, -0.2) is 28.0 Å². The van der Waals surface area contributed by atoms with Crippen molar-refractivity contribution < 1.29 is 18.7 Å². The molecule has 0 amide bonds. The maximum Gasteiger partial charge on any atom is 0.162 e. The molecule has 1 N–H and O–H groups in total. The Morgan fingerprint density at radius 1 is 1.27 bits per heavy atom. The van der Waals surface area contributed by atoms with Crippen LogP contribution in [0, 0.1) is 11.6 Å². The molecule has 22 heavy (non-hydrogen) atoms. The summed E-state index contributed by atoms with van der Waals surface area (Å²) < 4.78 is 26.5. The number of rotatable bonds is 6. The lowest BCUT2D eigenvalue weighted by molar-refractivity contribution is 0.197. The molecule has 0 aliphatic heterocycles. The van der Waals surface area contributed by atoms with Crippen molar-refractivity contribution in [3.8, 4) is 0 Å². The molecule has 0 radical (unpaired) electrons. The highest BCUT2D eigenvalue weighted by Crippen LogP contribution is 2.14. The van der Waals surface area contributed by atoms with Crippen molar-refractivity contribution in [3.63, 3.8) is 0 Å². The first-order valence-corrected chi connectivity index (χ1v) is 7.75. The average molecular weight is 324 g/mol. The molecule has 1 aromatic carbocycles. The predicted octanol–water partition coefficient (Wildman–Crippen LogP) is 2.94. The fraction of sp³-hybridized carbons (Fsp3) is 0.200. The van der Waals surface area contributed by atoms with Crippen molar-refractivity contribution >= 4 is 17.5 Å². The summed E-state index contributed by atoms with van der Waals surface area (Å²) in [5, 5.41) is 13.0. The molecule has 0 aliphatic carbocycles. The quantitative estimate of drug-likeness (QED) is 0.384. The molecule has 1 aromatic heterocycles. The first kappa shape index (κ1) is 16.4. The van der Waals surface area contributed by atoms with Crippen LogP contribution in [0.5, 0.6) is 0 Å². The van der Waals surface area contributed by atoms with Crippen LogP contribution < -0.4 is 0 Å². The lowest BCUT2D eigenvalue weighted by Gasteiger charge is -2.07. The van der Waals surface area contributed by atoms with E-state index < -0.39 is 11.6 Å². The van der Waals surface area contributed by atoms with Crippen LogP contribution in [-0.2, 0) is 11.4 Å². The Bertz CT molecular complexity index is 663. The van der Waals surface area contributed by atoms with Gasteiger partial charge in [0.15, 0.2) is 17.6 Å². The Balaban J connectivity index is 2.40. The largest absolute Gasteiger partial charge is 0.392 e. The summed E-state index contributed by atoms with van der Waals surface area (Å²) in [6.07, 6.45) is 3.33. The van der Waals surface area contributed by atoms with Crippen molar-refractivity contribution in [2.24, 2.45) is 5.16 Å². The minimum Gasteiger partial charge on any atom is -0.392 e. The van der Waals surface area contributed by atoms with E-state index in [0.717, 1.165) is 12.1 Å². The average Bonchev–Trinajstić information content (AvgIpc) is 2.55. The third kappa shape index (κ3) is 4.02. The number of thioether (sulfide) groups is 1. The Morgan fingerprint density at radius 3 is 2.68 bits per heavy atom. The van der Waals surface area contributed by atoms with Crippen molar-refractivity contribution in [1.82, 2.24) is 4.98 Å². The second kappa shape index (κ2) is 7.86. The van der Waals surface area contributed by atoms with Gasteiger partial charge in [-0.3, -0.25) is 4.98 Å². The number of aliphatic hydroxyl groups excluding tert-OH is 1. The fourth-order valence-corrected chi connectivity index (χ4v) is 1.85. The molecule has 0 fully saturated rings. The Hall–Kier alpha value is -1.99. The number of halogens is 2. The smallest absolute Gasteiger partial charge is 0.162 e. The van der Waals surface area contributed by atoms with Gasteiger partial charge in [0.25, 0.3) is 0 Å². The molecular weight excluding hydrogens is 310 g/mol. The van der Waals surface area contributed by atoms with Crippen LogP contribution >= 0.6 is 11.8 Å². The predicted molar refractivity (Wildman–Crippen MR) is 81.6 cm³/mol. The van der Waals surface area contributed by atoms with Crippen molar-refractivity contribution in [1.29, 1.82) is 0 Å². The number of benzene rings is 1. The van der Waals surface area contributed by atoms with Crippen LogP contribution in [0.4, 0.5) is 8.78 Å². The monoisotopic (exact) mass is 324 g/mol. The molecule has 2 rings (SSSR count). The van der Waals surface area contributed by atoms with Crippen LogP contribution in [0.1, 0.15) is 16.8 Å². The molecular formula is C15H14F2N2O2S. The maximum absolute atomic E-state index is 13.4. The lowest BCUT2D eigenvalue weighted by Crippen LogP contribution is -2.08. The molecule has 0 spiro atoms. The Labute approximate surface area is 130 Å². The molecule has 0 unspecified atom stereocenters. The molecule has 0 bridgehead atoms. The molecule has 4 nitrogen and oxygen atoms in total. The van der Waals surface area contributed by atoms with Gasteiger partial charge in [0.05, 0.1) is 12.3 Å². The van der Waals surface area contributed by atoms with Crippen molar-refractivity contribution in [2.45, 2.75) is 6.61 Å². The van der Waals surface area contributed by atoms with E-state index in [1.807, 2.05) is 6.26 Å². The summed E-state index contributed by atoms with van der Waals surface area (Å²) in [6, 6.07) is 6.77. The number of hydrogen-bond donors (Lipinski definition) is 1. The fourth-order valence-electron chi connectivity index (χ4n) is 1.69. The zero-order chi connectivity index (χ0) is 15.9.